The van der Waals surface area contributed by atoms with E-state index in [9.17, 15) is 14.4 Å². The van der Waals surface area contributed by atoms with Crippen molar-refractivity contribution in [2.45, 2.75) is 70.0 Å². The van der Waals surface area contributed by atoms with E-state index in [0.717, 1.165) is 51.6 Å². The van der Waals surface area contributed by atoms with Crippen molar-refractivity contribution in [1.29, 1.82) is 0 Å². The standard InChI is InChI=1S/C23H30ClN3O3/c1-15(22(29)26-11-4-5-12-26)25-21(28)20-14-16-7-2-3-10-19(16)27(20)23(30)17-8-6-9-18(24)13-17/h6,8-9,13,15-16,19-20H,2-5,7,10-12,14H2,1H3,(H,25,28)/t15-,16+,19-,20-/m0/s1. The van der Waals surface area contributed by atoms with Gasteiger partial charge in [-0.3, -0.25) is 14.4 Å². The van der Waals surface area contributed by atoms with Gasteiger partial charge in [-0.2, -0.15) is 0 Å². The predicted molar refractivity (Wildman–Crippen MR) is 115 cm³/mol. The number of nitrogens with one attached hydrogen (secondary N) is 1. The molecule has 1 aromatic carbocycles. The van der Waals surface area contributed by atoms with Crippen LogP contribution >= 0.6 is 11.6 Å². The number of amides is 3. The molecule has 1 saturated carbocycles. The third-order valence-corrected chi connectivity index (χ3v) is 7.08. The topological polar surface area (TPSA) is 69.7 Å². The van der Waals surface area contributed by atoms with Crippen LogP contribution in [0.2, 0.25) is 5.02 Å². The van der Waals surface area contributed by atoms with Crippen LogP contribution in [0.5, 0.6) is 0 Å². The van der Waals surface area contributed by atoms with E-state index < -0.39 is 12.1 Å². The molecule has 162 valence electrons. The molecule has 6 nitrogen and oxygen atoms in total. The zero-order valence-electron chi connectivity index (χ0n) is 17.5. The first-order chi connectivity index (χ1) is 14.5. The number of hydrogen-bond acceptors (Lipinski definition) is 3. The summed E-state index contributed by atoms with van der Waals surface area (Å²) < 4.78 is 0. The highest BCUT2D eigenvalue weighted by Gasteiger charge is 2.48. The molecule has 0 unspecified atom stereocenters. The van der Waals surface area contributed by atoms with Crippen LogP contribution in [0.15, 0.2) is 24.3 Å². The van der Waals surface area contributed by atoms with E-state index in [1.165, 1.54) is 0 Å². The van der Waals surface area contributed by atoms with Crippen molar-refractivity contribution in [3.8, 4) is 0 Å². The Balaban J connectivity index is 1.52. The number of benzene rings is 1. The molecule has 2 heterocycles. The van der Waals surface area contributed by atoms with Gasteiger partial charge >= 0.3 is 0 Å². The first-order valence-electron chi connectivity index (χ1n) is 11.1. The second-order valence-electron chi connectivity index (χ2n) is 8.85. The number of nitrogens with zero attached hydrogens (tertiary/aromatic N) is 2. The summed E-state index contributed by atoms with van der Waals surface area (Å²) in [6.45, 7) is 3.25. The molecule has 0 aromatic heterocycles. The Morgan fingerprint density at radius 2 is 1.83 bits per heavy atom. The largest absolute Gasteiger partial charge is 0.343 e. The molecule has 2 saturated heterocycles. The Morgan fingerprint density at radius 3 is 2.57 bits per heavy atom. The number of rotatable bonds is 4. The molecule has 1 aromatic rings. The van der Waals surface area contributed by atoms with Gasteiger partial charge in [-0.05, 0) is 63.1 Å². The molecule has 3 aliphatic rings. The van der Waals surface area contributed by atoms with E-state index in [1.54, 1.807) is 36.1 Å². The van der Waals surface area contributed by atoms with Gasteiger partial charge in [0.1, 0.15) is 12.1 Å². The fraction of sp³-hybridized carbons (Fsp3) is 0.609. The Hall–Kier alpha value is -2.08. The molecule has 2 aliphatic heterocycles. The fourth-order valence-corrected chi connectivity index (χ4v) is 5.53. The van der Waals surface area contributed by atoms with Crippen LogP contribution in [0.25, 0.3) is 0 Å². The fourth-order valence-electron chi connectivity index (χ4n) is 5.34. The molecule has 4 rings (SSSR count). The third-order valence-electron chi connectivity index (χ3n) is 6.84. The maximum Gasteiger partial charge on any atom is 0.254 e. The number of halogens is 1. The Morgan fingerprint density at radius 1 is 1.10 bits per heavy atom. The van der Waals surface area contributed by atoms with Gasteiger partial charge in [0.15, 0.2) is 0 Å². The summed E-state index contributed by atoms with van der Waals surface area (Å²) in [5, 5.41) is 3.41. The Labute approximate surface area is 182 Å². The van der Waals surface area contributed by atoms with Gasteiger partial charge in [-0.15, -0.1) is 0 Å². The second kappa shape index (κ2) is 8.96. The lowest BCUT2D eigenvalue weighted by Gasteiger charge is -2.34. The highest BCUT2D eigenvalue weighted by Crippen LogP contribution is 2.40. The molecule has 3 fully saturated rings. The maximum absolute atomic E-state index is 13.4. The summed E-state index contributed by atoms with van der Waals surface area (Å²) in [5.74, 6) is -0.0726. The van der Waals surface area contributed by atoms with Crippen molar-refractivity contribution < 1.29 is 14.4 Å². The van der Waals surface area contributed by atoms with Crippen LogP contribution in [0.1, 0.15) is 62.2 Å². The number of likely N-dealkylation sites (tertiary alicyclic amines) is 2. The number of carbonyl (C=O) groups excluding carboxylic acids is 3. The summed E-state index contributed by atoms with van der Waals surface area (Å²) >= 11 is 6.11. The van der Waals surface area contributed by atoms with E-state index in [1.807, 2.05) is 4.90 Å². The Kier molecular flexibility index (Phi) is 6.32. The molecule has 1 N–H and O–H groups in total. The lowest BCUT2D eigenvalue weighted by molar-refractivity contribution is -0.136. The summed E-state index contributed by atoms with van der Waals surface area (Å²) in [4.78, 5) is 42.9. The van der Waals surface area contributed by atoms with Gasteiger partial charge in [0.25, 0.3) is 5.91 Å². The first kappa shape index (κ1) is 21.2. The second-order valence-corrected chi connectivity index (χ2v) is 9.29. The SMILES string of the molecule is C[C@H](NC(=O)[C@@H]1C[C@H]2CCCC[C@@H]2N1C(=O)c1cccc(Cl)c1)C(=O)N1CCCC1. The van der Waals surface area contributed by atoms with E-state index in [-0.39, 0.29) is 23.8 Å². The molecule has 0 bridgehead atoms. The van der Waals surface area contributed by atoms with Crippen LogP contribution in [-0.4, -0.2) is 58.7 Å². The van der Waals surface area contributed by atoms with Crippen molar-refractivity contribution in [3.05, 3.63) is 34.9 Å². The molecular weight excluding hydrogens is 402 g/mol. The maximum atomic E-state index is 13.4. The van der Waals surface area contributed by atoms with E-state index in [2.05, 4.69) is 5.32 Å². The van der Waals surface area contributed by atoms with E-state index in [4.69, 9.17) is 11.6 Å². The van der Waals surface area contributed by atoms with Gasteiger partial charge in [0.2, 0.25) is 11.8 Å². The van der Waals surface area contributed by atoms with Gasteiger partial charge in [-0.25, -0.2) is 0 Å². The number of carbonyl (C=O) groups is 3. The summed E-state index contributed by atoms with van der Waals surface area (Å²) in [7, 11) is 0. The predicted octanol–water partition coefficient (Wildman–Crippen LogP) is 3.24. The van der Waals surface area contributed by atoms with Gasteiger partial charge in [0, 0.05) is 29.7 Å². The average molecular weight is 432 g/mol. The van der Waals surface area contributed by atoms with Crippen molar-refractivity contribution in [2.24, 2.45) is 5.92 Å². The first-order valence-corrected chi connectivity index (χ1v) is 11.5. The summed E-state index contributed by atoms with van der Waals surface area (Å²) in [6.07, 6.45) is 6.85. The minimum atomic E-state index is -0.582. The van der Waals surface area contributed by atoms with E-state index in [0.29, 0.717) is 22.9 Å². The minimum absolute atomic E-state index is 0.0380. The van der Waals surface area contributed by atoms with Crippen LogP contribution in [0, 0.1) is 5.92 Å². The molecule has 4 atom stereocenters. The lowest BCUT2D eigenvalue weighted by atomic mass is 9.84. The molecule has 7 heteroatoms. The number of hydrogen-bond donors (Lipinski definition) is 1. The highest BCUT2D eigenvalue weighted by molar-refractivity contribution is 6.31. The molecule has 30 heavy (non-hydrogen) atoms. The van der Waals surface area contributed by atoms with E-state index >= 15 is 0 Å². The molecule has 3 amide bonds. The minimum Gasteiger partial charge on any atom is -0.343 e. The summed E-state index contributed by atoms with van der Waals surface area (Å²) in [6, 6.07) is 5.86. The lowest BCUT2D eigenvalue weighted by Crippen LogP contribution is -2.54. The molecule has 0 radical (unpaired) electrons. The van der Waals surface area contributed by atoms with Crippen LogP contribution < -0.4 is 5.32 Å². The quantitative estimate of drug-likeness (QED) is 0.795. The zero-order chi connectivity index (χ0) is 21.3. The highest BCUT2D eigenvalue weighted by atomic mass is 35.5. The normalized spacial score (nSPS) is 26.9. The monoisotopic (exact) mass is 431 g/mol. The van der Waals surface area contributed by atoms with Crippen molar-refractivity contribution in [3.63, 3.8) is 0 Å². The Bertz CT molecular complexity index is 824. The van der Waals surface area contributed by atoms with Crippen LogP contribution in [0.4, 0.5) is 0 Å². The smallest absolute Gasteiger partial charge is 0.254 e. The van der Waals surface area contributed by atoms with Crippen LogP contribution in [0.3, 0.4) is 0 Å². The summed E-state index contributed by atoms with van der Waals surface area (Å²) in [5.41, 5.74) is 0.507. The third kappa shape index (κ3) is 4.20. The van der Waals surface area contributed by atoms with Gasteiger partial charge < -0.3 is 15.1 Å². The number of fused-ring (bicyclic) bond motifs is 1. The molecule has 1 aliphatic carbocycles. The zero-order valence-corrected chi connectivity index (χ0v) is 18.2. The van der Waals surface area contributed by atoms with Crippen LogP contribution in [-0.2, 0) is 9.59 Å². The van der Waals surface area contributed by atoms with Gasteiger partial charge in [0.05, 0.1) is 0 Å². The van der Waals surface area contributed by atoms with Crippen molar-refractivity contribution in [1.82, 2.24) is 15.1 Å². The van der Waals surface area contributed by atoms with Crippen molar-refractivity contribution in [2.75, 3.05) is 13.1 Å². The molecular formula is C23H30ClN3O3. The van der Waals surface area contributed by atoms with Crippen molar-refractivity contribution >= 4 is 29.3 Å². The molecule has 0 spiro atoms. The average Bonchev–Trinajstić information content (AvgIpc) is 3.40. The van der Waals surface area contributed by atoms with Gasteiger partial charge in [-0.1, -0.05) is 30.5 Å².